The van der Waals surface area contributed by atoms with E-state index in [0.717, 1.165) is 55.5 Å². The minimum absolute atomic E-state index is 0.00517. The van der Waals surface area contributed by atoms with Crippen molar-refractivity contribution in [3.63, 3.8) is 0 Å². The number of hydrogen-bond acceptors (Lipinski definition) is 3. The zero-order valence-corrected chi connectivity index (χ0v) is 18.9. The highest BCUT2D eigenvalue weighted by Crippen LogP contribution is 2.41. The molecule has 31 heavy (non-hydrogen) atoms. The van der Waals surface area contributed by atoms with Gasteiger partial charge in [-0.15, -0.1) is 0 Å². The summed E-state index contributed by atoms with van der Waals surface area (Å²) in [5.41, 5.74) is 1.74. The van der Waals surface area contributed by atoms with E-state index in [1.54, 1.807) is 12.1 Å². The molecule has 0 bridgehead atoms. The van der Waals surface area contributed by atoms with Crippen molar-refractivity contribution in [2.45, 2.75) is 64.8 Å². The second kappa shape index (κ2) is 10.6. The molecule has 0 aliphatic carbocycles. The second-order valence-corrected chi connectivity index (χ2v) is 8.44. The monoisotopic (exact) mass is 423 g/mol. The number of amides is 1. The van der Waals surface area contributed by atoms with E-state index in [2.05, 4.69) is 19.2 Å². The summed E-state index contributed by atoms with van der Waals surface area (Å²) in [5, 5.41) is 10.0. The van der Waals surface area contributed by atoms with Gasteiger partial charge < -0.3 is 5.32 Å². The van der Waals surface area contributed by atoms with Crippen LogP contribution in [-0.2, 0) is 4.79 Å². The largest absolute Gasteiger partial charge is 0.354 e. The van der Waals surface area contributed by atoms with E-state index >= 15 is 0 Å². The standard InChI is InChI=1S/C26H34FN3O/c1-4-6-11-19-28-25(31)26(3)23(14-7-5-2)24(20-15-17-21(27)18-16-20)29-30(26)22-12-9-8-10-13-22/h8-10,12-13,15-18,23H,4-7,11,14,19H2,1-3H3,(H,28,31). The molecule has 1 amide bonds. The summed E-state index contributed by atoms with van der Waals surface area (Å²) in [4.78, 5) is 13.6. The molecule has 1 N–H and O–H groups in total. The third-order valence-corrected chi connectivity index (χ3v) is 6.17. The Labute approximate surface area is 185 Å². The van der Waals surface area contributed by atoms with Gasteiger partial charge in [-0.05, 0) is 49.6 Å². The number of benzene rings is 2. The lowest BCUT2D eigenvalue weighted by atomic mass is 9.77. The topological polar surface area (TPSA) is 44.7 Å². The lowest BCUT2D eigenvalue weighted by Gasteiger charge is -2.37. The number of carbonyl (C=O) groups is 1. The highest BCUT2D eigenvalue weighted by Gasteiger charge is 2.53. The van der Waals surface area contributed by atoms with E-state index in [0.29, 0.717) is 6.54 Å². The summed E-state index contributed by atoms with van der Waals surface area (Å²) < 4.78 is 13.6. The molecule has 0 aromatic heterocycles. The number of hydrazone groups is 1. The SMILES string of the molecule is CCCCCNC(=O)C1(C)C(CCCC)C(c2ccc(F)cc2)=NN1c1ccccc1. The van der Waals surface area contributed by atoms with E-state index in [4.69, 9.17) is 5.10 Å². The van der Waals surface area contributed by atoms with Gasteiger partial charge in [0, 0.05) is 12.5 Å². The van der Waals surface area contributed by atoms with Crippen LogP contribution in [-0.4, -0.2) is 23.7 Å². The molecular formula is C26H34FN3O. The lowest BCUT2D eigenvalue weighted by Crippen LogP contribution is -2.58. The summed E-state index contributed by atoms with van der Waals surface area (Å²) >= 11 is 0. The average Bonchev–Trinajstić information content (AvgIpc) is 3.09. The Morgan fingerprint density at radius 2 is 1.71 bits per heavy atom. The first-order valence-electron chi connectivity index (χ1n) is 11.5. The molecule has 0 radical (unpaired) electrons. The van der Waals surface area contributed by atoms with Crippen LogP contribution in [0.15, 0.2) is 59.7 Å². The van der Waals surface area contributed by atoms with Crippen LogP contribution in [0.5, 0.6) is 0 Å². The fraction of sp³-hybridized carbons (Fsp3) is 0.462. The molecular weight excluding hydrogens is 389 g/mol. The Balaban J connectivity index is 2.02. The molecule has 2 aromatic carbocycles. The van der Waals surface area contributed by atoms with Gasteiger partial charge in [-0.25, -0.2) is 9.40 Å². The Morgan fingerprint density at radius 3 is 2.35 bits per heavy atom. The average molecular weight is 424 g/mol. The Morgan fingerprint density at radius 1 is 1.03 bits per heavy atom. The molecule has 2 atom stereocenters. The van der Waals surface area contributed by atoms with Gasteiger partial charge in [-0.3, -0.25) is 4.79 Å². The molecule has 0 saturated heterocycles. The second-order valence-electron chi connectivity index (χ2n) is 8.44. The van der Waals surface area contributed by atoms with Crippen LogP contribution >= 0.6 is 0 Å². The number of carbonyl (C=O) groups excluding carboxylic acids is 1. The molecule has 1 aliphatic rings. The van der Waals surface area contributed by atoms with Gasteiger partial charge in [-0.2, -0.15) is 5.10 Å². The number of anilines is 1. The van der Waals surface area contributed by atoms with Gasteiger partial charge in [-0.1, -0.05) is 69.9 Å². The Hall–Kier alpha value is -2.69. The van der Waals surface area contributed by atoms with Gasteiger partial charge in [0.1, 0.15) is 11.4 Å². The normalized spacial score (nSPS) is 20.6. The van der Waals surface area contributed by atoms with Crippen LogP contribution in [0.3, 0.4) is 0 Å². The fourth-order valence-electron chi connectivity index (χ4n) is 4.31. The molecule has 5 heteroatoms. The van der Waals surface area contributed by atoms with Crippen LogP contribution in [0.2, 0.25) is 0 Å². The zero-order chi connectivity index (χ0) is 22.3. The number of nitrogens with one attached hydrogen (secondary N) is 1. The summed E-state index contributed by atoms with van der Waals surface area (Å²) in [6.07, 6.45) is 6.04. The van der Waals surface area contributed by atoms with Gasteiger partial charge >= 0.3 is 0 Å². The van der Waals surface area contributed by atoms with Gasteiger partial charge in [0.2, 0.25) is 5.91 Å². The highest BCUT2D eigenvalue weighted by molar-refractivity contribution is 6.10. The molecule has 4 nitrogen and oxygen atoms in total. The summed E-state index contributed by atoms with van der Waals surface area (Å²) in [5.74, 6) is -0.373. The predicted molar refractivity (Wildman–Crippen MR) is 126 cm³/mol. The molecule has 166 valence electrons. The lowest BCUT2D eigenvalue weighted by molar-refractivity contribution is -0.126. The number of rotatable bonds is 10. The van der Waals surface area contributed by atoms with Crippen molar-refractivity contribution >= 4 is 17.3 Å². The maximum absolute atomic E-state index is 13.6. The van der Waals surface area contributed by atoms with E-state index < -0.39 is 5.54 Å². The van der Waals surface area contributed by atoms with Crippen molar-refractivity contribution in [3.8, 4) is 0 Å². The number of para-hydroxylation sites is 1. The van der Waals surface area contributed by atoms with Crippen molar-refractivity contribution in [2.75, 3.05) is 11.6 Å². The first kappa shape index (κ1) is 23.0. The predicted octanol–water partition coefficient (Wildman–Crippen LogP) is 5.92. The Bertz CT molecular complexity index is 881. The first-order valence-corrected chi connectivity index (χ1v) is 11.5. The molecule has 1 aliphatic heterocycles. The first-order chi connectivity index (χ1) is 15.0. The summed E-state index contributed by atoms with van der Waals surface area (Å²) in [7, 11) is 0. The molecule has 2 unspecified atom stereocenters. The van der Waals surface area contributed by atoms with Crippen LogP contribution in [0.25, 0.3) is 0 Å². The van der Waals surface area contributed by atoms with E-state index in [9.17, 15) is 9.18 Å². The molecule has 2 aromatic rings. The minimum Gasteiger partial charge on any atom is -0.354 e. The van der Waals surface area contributed by atoms with E-state index in [1.165, 1.54) is 12.1 Å². The molecule has 0 saturated carbocycles. The van der Waals surface area contributed by atoms with Crippen LogP contribution in [0.4, 0.5) is 10.1 Å². The zero-order valence-electron chi connectivity index (χ0n) is 18.9. The third kappa shape index (κ3) is 4.97. The number of hydrogen-bond donors (Lipinski definition) is 1. The highest BCUT2D eigenvalue weighted by atomic mass is 19.1. The third-order valence-electron chi connectivity index (χ3n) is 6.17. The molecule has 3 rings (SSSR count). The molecule has 1 heterocycles. The number of halogens is 1. The maximum atomic E-state index is 13.6. The molecule has 0 fully saturated rings. The van der Waals surface area contributed by atoms with Crippen LogP contribution in [0.1, 0.15) is 64.9 Å². The van der Waals surface area contributed by atoms with Crippen molar-refractivity contribution in [1.82, 2.24) is 5.32 Å². The Kier molecular flexibility index (Phi) is 7.83. The maximum Gasteiger partial charge on any atom is 0.248 e. The number of nitrogens with zero attached hydrogens (tertiary/aromatic N) is 2. The summed E-state index contributed by atoms with van der Waals surface area (Å²) in [6.45, 7) is 6.97. The van der Waals surface area contributed by atoms with Crippen molar-refractivity contribution in [2.24, 2.45) is 11.0 Å². The fourth-order valence-corrected chi connectivity index (χ4v) is 4.31. The van der Waals surface area contributed by atoms with Crippen molar-refractivity contribution in [3.05, 3.63) is 66.0 Å². The minimum atomic E-state index is -0.855. The van der Waals surface area contributed by atoms with E-state index in [-0.39, 0.29) is 17.6 Å². The van der Waals surface area contributed by atoms with Crippen molar-refractivity contribution in [1.29, 1.82) is 0 Å². The number of unbranched alkanes of at least 4 members (excludes halogenated alkanes) is 3. The van der Waals surface area contributed by atoms with Crippen molar-refractivity contribution < 1.29 is 9.18 Å². The van der Waals surface area contributed by atoms with Crippen LogP contribution < -0.4 is 10.3 Å². The van der Waals surface area contributed by atoms with Gasteiger partial charge in [0.15, 0.2) is 0 Å². The van der Waals surface area contributed by atoms with Gasteiger partial charge in [0.25, 0.3) is 0 Å². The summed E-state index contributed by atoms with van der Waals surface area (Å²) in [6, 6.07) is 16.3. The van der Waals surface area contributed by atoms with Crippen LogP contribution in [0, 0.1) is 11.7 Å². The van der Waals surface area contributed by atoms with Gasteiger partial charge in [0.05, 0.1) is 11.4 Å². The quantitative estimate of drug-likeness (QED) is 0.482. The molecule has 0 spiro atoms. The van der Waals surface area contributed by atoms with E-state index in [1.807, 2.05) is 42.3 Å². The smallest absolute Gasteiger partial charge is 0.248 e.